The molecule has 0 bridgehead atoms. The Balaban J connectivity index is 1.34. The fraction of sp³-hybridized carbons (Fsp3) is 0.348. The minimum atomic E-state index is -1.10. The summed E-state index contributed by atoms with van der Waals surface area (Å²) >= 11 is 0. The zero-order valence-electron chi connectivity index (χ0n) is 18.2. The smallest absolute Gasteiger partial charge is 0.242 e. The van der Waals surface area contributed by atoms with E-state index in [9.17, 15) is 20.4 Å². The van der Waals surface area contributed by atoms with Gasteiger partial charge in [0, 0.05) is 0 Å². The van der Waals surface area contributed by atoms with E-state index in [1.807, 2.05) is 31.2 Å². The Morgan fingerprint density at radius 1 is 1.12 bits per heavy atom. The quantitative estimate of drug-likeness (QED) is 0.421. The van der Waals surface area contributed by atoms with Gasteiger partial charge in [-0.1, -0.05) is 24.3 Å². The lowest BCUT2D eigenvalue weighted by molar-refractivity contribution is -0.0761. The van der Waals surface area contributed by atoms with Crippen LogP contribution in [0.15, 0.2) is 60.6 Å². The SMILES string of the molecule is CC1=C(O)C(c2ccc(CO[C@@H]3[C@H](O)[C@@H](CO)O[C@H]3n3cnc4c(O)ncnc43)cc2)OC=C1. The molecule has 0 radical (unpaired) electrons. The van der Waals surface area contributed by atoms with Crippen molar-refractivity contribution in [3.8, 4) is 5.88 Å². The number of aliphatic hydroxyl groups is 3. The van der Waals surface area contributed by atoms with Gasteiger partial charge in [0.05, 0.1) is 25.8 Å². The molecule has 4 heterocycles. The average Bonchev–Trinajstić information content (AvgIpc) is 3.41. The van der Waals surface area contributed by atoms with Crippen molar-refractivity contribution >= 4 is 11.2 Å². The molecule has 5 atom stereocenters. The molecule has 1 fully saturated rings. The molecule has 11 heteroatoms. The number of hydrogen-bond acceptors (Lipinski definition) is 10. The Labute approximate surface area is 194 Å². The Hall–Kier alpha value is -3.51. The van der Waals surface area contributed by atoms with E-state index in [-0.39, 0.29) is 23.8 Å². The number of aromatic nitrogens is 4. The Morgan fingerprint density at radius 3 is 2.68 bits per heavy atom. The van der Waals surface area contributed by atoms with Crippen LogP contribution < -0.4 is 0 Å². The molecule has 0 amide bonds. The molecule has 2 aromatic heterocycles. The van der Waals surface area contributed by atoms with Crippen LogP contribution in [0, 0.1) is 0 Å². The molecule has 1 aromatic carbocycles. The number of benzene rings is 1. The molecule has 0 aliphatic carbocycles. The summed E-state index contributed by atoms with van der Waals surface area (Å²) in [7, 11) is 0. The van der Waals surface area contributed by atoms with Gasteiger partial charge in [0.15, 0.2) is 23.5 Å². The first-order valence-electron chi connectivity index (χ1n) is 10.7. The maximum absolute atomic E-state index is 10.7. The summed E-state index contributed by atoms with van der Waals surface area (Å²) in [4.78, 5) is 12.0. The van der Waals surface area contributed by atoms with Gasteiger partial charge in [0.25, 0.3) is 0 Å². The number of aromatic hydroxyl groups is 1. The van der Waals surface area contributed by atoms with Crippen LogP contribution in [0.3, 0.4) is 0 Å². The lowest BCUT2D eigenvalue weighted by atomic mass is 10.0. The molecule has 1 unspecified atom stereocenters. The lowest BCUT2D eigenvalue weighted by Gasteiger charge is -2.23. The molecule has 0 spiro atoms. The van der Waals surface area contributed by atoms with Crippen molar-refractivity contribution in [3.05, 3.63) is 71.7 Å². The number of allylic oxidation sites excluding steroid dienone is 2. The minimum absolute atomic E-state index is 0.152. The molecule has 3 aromatic rings. The summed E-state index contributed by atoms with van der Waals surface area (Å²) in [5, 5.41) is 40.5. The highest BCUT2D eigenvalue weighted by atomic mass is 16.6. The van der Waals surface area contributed by atoms with Gasteiger partial charge in [-0.3, -0.25) is 4.57 Å². The second-order valence-corrected chi connectivity index (χ2v) is 8.16. The minimum Gasteiger partial charge on any atom is -0.508 e. The van der Waals surface area contributed by atoms with Crippen molar-refractivity contribution in [2.24, 2.45) is 0 Å². The van der Waals surface area contributed by atoms with E-state index in [1.54, 1.807) is 12.3 Å². The molecule has 178 valence electrons. The Bertz CT molecular complexity index is 1240. The Kier molecular flexibility index (Phi) is 5.92. The zero-order valence-corrected chi connectivity index (χ0v) is 18.2. The van der Waals surface area contributed by atoms with Crippen LogP contribution in [0.4, 0.5) is 0 Å². The van der Waals surface area contributed by atoms with Gasteiger partial charge in [-0.2, -0.15) is 4.98 Å². The van der Waals surface area contributed by atoms with E-state index in [0.717, 1.165) is 16.7 Å². The van der Waals surface area contributed by atoms with Crippen molar-refractivity contribution < 1.29 is 34.6 Å². The molecular weight excluding hydrogens is 444 g/mol. The second-order valence-electron chi connectivity index (χ2n) is 8.16. The molecule has 4 N–H and O–H groups in total. The van der Waals surface area contributed by atoms with E-state index < -0.39 is 37.3 Å². The van der Waals surface area contributed by atoms with Crippen LogP contribution in [0.25, 0.3) is 11.2 Å². The molecule has 5 rings (SSSR count). The molecular formula is C23H24N4O7. The Morgan fingerprint density at radius 2 is 1.91 bits per heavy atom. The van der Waals surface area contributed by atoms with Crippen LogP contribution >= 0.6 is 0 Å². The highest BCUT2D eigenvalue weighted by Gasteiger charge is 2.46. The normalized spacial score (nSPS) is 26.9. The van der Waals surface area contributed by atoms with Crippen LogP contribution in [0.2, 0.25) is 0 Å². The number of fused-ring (bicyclic) bond motifs is 1. The van der Waals surface area contributed by atoms with Crippen LogP contribution in [0.5, 0.6) is 5.88 Å². The van der Waals surface area contributed by atoms with Crippen LogP contribution in [-0.2, 0) is 20.8 Å². The predicted octanol–water partition coefficient (Wildman–Crippen LogP) is 1.78. The molecule has 0 saturated carbocycles. The third-order valence-corrected chi connectivity index (χ3v) is 6.02. The van der Waals surface area contributed by atoms with Gasteiger partial charge in [0.2, 0.25) is 5.88 Å². The van der Waals surface area contributed by atoms with Crippen molar-refractivity contribution in [1.29, 1.82) is 0 Å². The van der Waals surface area contributed by atoms with Crippen LogP contribution in [-0.4, -0.2) is 64.9 Å². The first kappa shape index (κ1) is 22.3. The predicted molar refractivity (Wildman–Crippen MR) is 117 cm³/mol. The second kappa shape index (κ2) is 9.03. The zero-order chi connectivity index (χ0) is 23.8. The van der Waals surface area contributed by atoms with E-state index in [4.69, 9.17) is 14.2 Å². The monoisotopic (exact) mass is 468 g/mol. The summed E-state index contributed by atoms with van der Waals surface area (Å²) in [6, 6.07) is 7.37. The van der Waals surface area contributed by atoms with E-state index >= 15 is 0 Å². The number of aliphatic hydroxyl groups excluding tert-OH is 3. The highest BCUT2D eigenvalue weighted by molar-refractivity contribution is 5.75. The topological polar surface area (TPSA) is 152 Å². The summed E-state index contributed by atoms with van der Waals surface area (Å²) in [6.45, 7) is 1.57. The molecule has 2 aliphatic heterocycles. The molecule has 11 nitrogen and oxygen atoms in total. The first-order valence-corrected chi connectivity index (χ1v) is 10.7. The number of ether oxygens (including phenoxy) is 3. The molecule has 1 saturated heterocycles. The fourth-order valence-corrected chi connectivity index (χ4v) is 4.09. The maximum atomic E-state index is 10.7. The average molecular weight is 468 g/mol. The number of hydrogen-bond donors (Lipinski definition) is 4. The van der Waals surface area contributed by atoms with Gasteiger partial charge < -0.3 is 34.6 Å². The summed E-state index contributed by atoms with van der Waals surface area (Å²) < 4.78 is 18.9. The lowest BCUT2D eigenvalue weighted by Crippen LogP contribution is -2.35. The highest BCUT2D eigenvalue weighted by Crippen LogP contribution is 2.35. The van der Waals surface area contributed by atoms with Gasteiger partial charge in [0.1, 0.15) is 30.4 Å². The number of rotatable bonds is 6. The van der Waals surface area contributed by atoms with E-state index in [0.29, 0.717) is 5.65 Å². The number of imidazole rings is 1. The molecule has 2 aliphatic rings. The van der Waals surface area contributed by atoms with E-state index in [2.05, 4.69) is 15.0 Å². The third kappa shape index (κ3) is 3.88. The maximum Gasteiger partial charge on any atom is 0.242 e. The summed E-state index contributed by atoms with van der Waals surface area (Å²) in [6.07, 6.45) is 1.67. The van der Waals surface area contributed by atoms with Gasteiger partial charge in [-0.05, 0) is 29.7 Å². The van der Waals surface area contributed by atoms with Crippen LogP contribution in [0.1, 0.15) is 30.4 Å². The van der Waals surface area contributed by atoms with E-state index in [1.165, 1.54) is 17.2 Å². The van der Waals surface area contributed by atoms with Crippen molar-refractivity contribution in [2.75, 3.05) is 6.61 Å². The summed E-state index contributed by atoms with van der Waals surface area (Å²) in [5.74, 6) is -0.106. The van der Waals surface area contributed by atoms with Gasteiger partial charge >= 0.3 is 0 Å². The van der Waals surface area contributed by atoms with Crippen molar-refractivity contribution in [2.45, 2.75) is 44.2 Å². The van der Waals surface area contributed by atoms with Gasteiger partial charge in [-0.25, -0.2) is 9.97 Å². The largest absolute Gasteiger partial charge is 0.508 e. The molecule has 34 heavy (non-hydrogen) atoms. The standard InChI is InChI=1S/C23H24N4O7/c1-12-6-7-32-19(17(12)29)14-4-2-13(3-5-14)9-33-20-18(30)15(8-28)34-23(20)27-11-26-16-21(27)24-10-25-22(16)31/h2-7,10-11,15,18-20,23,28-30H,8-9H2,1H3,(H,24,25,31)/t15-,18-,19?,20-,23-/m1/s1. The van der Waals surface area contributed by atoms with Crippen molar-refractivity contribution in [3.63, 3.8) is 0 Å². The first-order chi connectivity index (χ1) is 16.5. The number of nitrogens with zero attached hydrogens (tertiary/aromatic N) is 4. The van der Waals surface area contributed by atoms with Crippen molar-refractivity contribution in [1.82, 2.24) is 19.5 Å². The third-order valence-electron chi connectivity index (χ3n) is 6.02. The van der Waals surface area contributed by atoms with Gasteiger partial charge in [-0.15, -0.1) is 0 Å². The summed E-state index contributed by atoms with van der Waals surface area (Å²) in [5.41, 5.74) is 2.86. The fourth-order valence-electron chi connectivity index (χ4n) is 4.09.